The van der Waals surface area contributed by atoms with Crippen LogP contribution >= 0.6 is 0 Å². The molecule has 0 spiro atoms. The summed E-state index contributed by atoms with van der Waals surface area (Å²) in [5, 5.41) is 11.2. The Balaban J connectivity index is 2.35. The molecule has 0 bridgehead atoms. The number of hydrogen-bond acceptors (Lipinski definition) is 4. The van der Waals surface area contributed by atoms with Crippen LogP contribution in [0.2, 0.25) is 0 Å². The Morgan fingerprint density at radius 3 is 2.16 bits per heavy atom. The number of hydrogen-bond donors (Lipinski definition) is 1. The van der Waals surface area contributed by atoms with Crippen molar-refractivity contribution in [3.05, 3.63) is 65.7 Å². The average molecular weight is 372 g/mol. The Morgan fingerprint density at radius 2 is 1.60 bits per heavy atom. The molecule has 0 radical (unpaired) electrons. The number of aliphatic carboxylic acids is 1. The molecule has 5 nitrogen and oxygen atoms in total. The maximum atomic E-state index is 13.0. The van der Waals surface area contributed by atoms with E-state index in [1.807, 2.05) is 0 Å². The van der Waals surface area contributed by atoms with Gasteiger partial charge in [0.15, 0.2) is 0 Å². The van der Waals surface area contributed by atoms with Gasteiger partial charge in [-0.2, -0.15) is 13.2 Å². The fourth-order valence-corrected chi connectivity index (χ4v) is 3.62. The second-order valence-corrected chi connectivity index (χ2v) is 6.86. The highest BCUT2D eigenvalue weighted by molar-refractivity contribution is 7.89. The molecule has 0 heterocycles. The number of alkyl halides is 3. The third-order valence-electron chi connectivity index (χ3n) is 3.35. The van der Waals surface area contributed by atoms with Gasteiger partial charge in [-0.15, -0.1) is 0 Å². The van der Waals surface area contributed by atoms with Crippen LogP contribution in [0.4, 0.5) is 13.2 Å². The van der Waals surface area contributed by atoms with E-state index in [1.165, 1.54) is 0 Å². The summed E-state index contributed by atoms with van der Waals surface area (Å²) in [6.07, 6.45) is -5.17. The molecule has 2 rings (SSSR count). The van der Waals surface area contributed by atoms with Crippen molar-refractivity contribution >= 4 is 16.0 Å². The van der Waals surface area contributed by atoms with E-state index in [0.29, 0.717) is 11.6 Å². The summed E-state index contributed by atoms with van der Waals surface area (Å²) in [5.74, 6) is -1.74. The van der Waals surface area contributed by atoms with Gasteiger partial charge in [0.05, 0.1) is 22.5 Å². The first kappa shape index (κ1) is 18.9. The maximum Gasteiger partial charge on any atom is 0.417 e. The Bertz CT molecular complexity index is 851. The number of carboxylic acid groups (broad SMARTS) is 1. The molecule has 134 valence electrons. The van der Waals surface area contributed by atoms with E-state index in [9.17, 15) is 31.5 Å². The Labute approximate surface area is 142 Å². The van der Waals surface area contributed by atoms with Crippen LogP contribution in [-0.4, -0.2) is 20.4 Å². The number of halogens is 3. The molecule has 25 heavy (non-hydrogen) atoms. The standard InChI is InChI=1S/C16H14F3NO4S/c17-16(18,19)12-8-4-5-9-14(12)25(23,24)20-13(15(21)22)10-11-6-2-1-3-7-11/h1-9,13,20H,10H2,(H,21,22)/p-1/t13-/m1/s1. The first-order valence-electron chi connectivity index (χ1n) is 7.04. The summed E-state index contributed by atoms with van der Waals surface area (Å²) in [6.45, 7) is 0. The summed E-state index contributed by atoms with van der Waals surface area (Å²) in [4.78, 5) is 10.2. The maximum absolute atomic E-state index is 13.0. The van der Waals surface area contributed by atoms with Gasteiger partial charge in [0.25, 0.3) is 0 Å². The van der Waals surface area contributed by atoms with Gasteiger partial charge in [0.2, 0.25) is 10.0 Å². The Hall–Kier alpha value is -2.39. The molecule has 0 unspecified atom stereocenters. The third-order valence-corrected chi connectivity index (χ3v) is 4.88. The molecule has 1 atom stereocenters. The molecule has 0 fully saturated rings. The minimum Gasteiger partial charge on any atom is -0.548 e. The topological polar surface area (TPSA) is 86.3 Å². The van der Waals surface area contributed by atoms with Crippen molar-refractivity contribution < 1.29 is 31.5 Å². The van der Waals surface area contributed by atoms with Crippen molar-refractivity contribution in [2.24, 2.45) is 0 Å². The number of carboxylic acids is 1. The molecular weight excluding hydrogens is 359 g/mol. The molecule has 0 aliphatic heterocycles. The van der Waals surface area contributed by atoms with Crippen LogP contribution in [-0.2, 0) is 27.4 Å². The number of nitrogens with one attached hydrogen (secondary N) is 1. The Morgan fingerprint density at radius 1 is 1.04 bits per heavy atom. The molecule has 0 aliphatic carbocycles. The van der Waals surface area contributed by atoms with E-state index in [-0.39, 0.29) is 6.42 Å². The largest absolute Gasteiger partial charge is 0.548 e. The molecule has 0 amide bonds. The molecule has 9 heteroatoms. The average Bonchev–Trinajstić information content (AvgIpc) is 2.54. The molecule has 0 saturated carbocycles. The van der Waals surface area contributed by atoms with Gasteiger partial charge in [0.1, 0.15) is 0 Å². The molecule has 2 aromatic rings. The van der Waals surface area contributed by atoms with E-state index in [2.05, 4.69) is 0 Å². The van der Waals surface area contributed by atoms with Crippen LogP contribution in [0.3, 0.4) is 0 Å². The first-order chi connectivity index (χ1) is 11.6. The van der Waals surface area contributed by atoms with E-state index < -0.39 is 38.7 Å². The van der Waals surface area contributed by atoms with Gasteiger partial charge < -0.3 is 9.90 Å². The zero-order valence-electron chi connectivity index (χ0n) is 12.7. The highest BCUT2D eigenvalue weighted by Gasteiger charge is 2.37. The molecule has 1 N–H and O–H groups in total. The second-order valence-electron chi connectivity index (χ2n) is 5.18. The first-order valence-corrected chi connectivity index (χ1v) is 8.53. The molecule has 2 aromatic carbocycles. The van der Waals surface area contributed by atoms with Gasteiger partial charge in [-0.05, 0) is 24.1 Å². The highest BCUT2D eigenvalue weighted by atomic mass is 32.2. The zero-order valence-corrected chi connectivity index (χ0v) is 13.5. The van der Waals surface area contributed by atoms with Crippen LogP contribution in [0.5, 0.6) is 0 Å². The third kappa shape index (κ3) is 4.80. The zero-order chi connectivity index (χ0) is 18.7. The summed E-state index contributed by atoms with van der Waals surface area (Å²) in [5.41, 5.74) is -0.886. The lowest BCUT2D eigenvalue weighted by molar-refractivity contribution is -0.307. The monoisotopic (exact) mass is 372 g/mol. The van der Waals surface area contributed by atoms with Gasteiger partial charge >= 0.3 is 6.18 Å². The van der Waals surface area contributed by atoms with Crippen LogP contribution in [0.1, 0.15) is 11.1 Å². The van der Waals surface area contributed by atoms with Crippen molar-refractivity contribution in [2.45, 2.75) is 23.5 Å². The normalized spacial score (nSPS) is 13.4. The molecule has 0 aliphatic rings. The molecule has 0 saturated heterocycles. The van der Waals surface area contributed by atoms with Crippen molar-refractivity contribution in [3.8, 4) is 0 Å². The second kappa shape index (κ2) is 7.24. The van der Waals surface area contributed by atoms with Crippen LogP contribution in [0, 0.1) is 0 Å². The quantitative estimate of drug-likeness (QED) is 0.829. The van der Waals surface area contributed by atoms with E-state index >= 15 is 0 Å². The predicted molar refractivity (Wildman–Crippen MR) is 80.7 cm³/mol. The minimum absolute atomic E-state index is 0.267. The van der Waals surface area contributed by atoms with Crippen molar-refractivity contribution in [1.82, 2.24) is 4.72 Å². The lowest BCUT2D eigenvalue weighted by Crippen LogP contribution is -2.49. The van der Waals surface area contributed by atoms with Gasteiger partial charge in [-0.3, -0.25) is 0 Å². The van der Waals surface area contributed by atoms with Crippen LogP contribution in [0.15, 0.2) is 59.5 Å². The minimum atomic E-state index is -4.90. The number of carbonyl (C=O) groups is 1. The van der Waals surface area contributed by atoms with Crippen molar-refractivity contribution in [3.63, 3.8) is 0 Å². The SMILES string of the molecule is O=C([O-])[C@@H](Cc1ccccc1)NS(=O)(=O)c1ccccc1C(F)(F)F. The van der Waals surface area contributed by atoms with Gasteiger partial charge in [-0.25, -0.2) is 13.1 Å². The van der Waals surface area contributed by atoms with Crippen LogP contribution in [0.25, 0.3) is 0 Å². The lowest BCUT2D eigenvalue weighted by atomic mass is 10.1. The van der Waals surface area contributed by atoms with E-state index in [0.717, 1.165) is 18.2 Å². The van der Waals surface area contributed by atoms with Crippen molar-refractivity contribution in [1.29, 1.82) is 0 Å². The lowest BCUT2D eigenvalue weighted by Gasteiger charge is -2.21. The number of benzene rings is 2. The summed E-state index contributed by atoms with van der Waals surface area (Å²) in [6, 6.07) is 9.87. The highest BCUT2D eigenvalue weighted by Crippen LogP contribution is 2.33. The molecule has 0 aromatic heterocycles. The summed E-state index contributed by atoms with van der Waals surface area (Å²) < 4.78 is 65.4. The number of carbonyl (C=O) groups excluding carboxylic acids is 1. The van der Waals surface area contributed by atoms with Crippen LogP contribution < -0.4 is 9.83 Å². The Kier molecular flexibility index (Phi) is 5.48. The number of rotatable bonds is 6. The van der Waals surface area contributed by atoms with Crippen molar-refractivity contribution in [2.75, 3.05) is 0 Å². The van der Waals surface area contributed by atoms with E-state index in [1.54, 1.807) is 35.1 Å². The van der Waals surface area contributed by atoms with Gasteiger partial charge in [0, 0.05) is 0 Å². The van der Waals surface area contributed by atoms with E-state index in [4.69, 9.17) is 0 Å². The fourth-order valence-electron chi connectivity index (χ4n) is 2.21. The fraction of sp³-hybridized carbons (Fsp3) is 0.188. The number of sulfonamides is 1. The summed E-state index contributed by atoms with van der Waals surface area (Å²) >= 11 is 0. The summed E-state index contributed by atoms with van der Waals surface area (Å²) in [7, 11) is -4.73. The van der Waals surface area contributed by atoms with Gasteiger partial charge in [-0.1, -0.05) is 42.5 Å². The predicted octanol–water partition coefficient (Wildman–Crippen LogP) is 1.34. The smallest absolute Gasteiger partial charge is 0.417 e. The molecular formula is C16H13F3NO4S-.